The summed E-state index contributed by atoms with van der Waals surface area (Å²) in [6, 6.07) is 92.0. The maximum Gasteiger partial charge on any atom is 0.0754 e. The molecule has 16 rings (SSSR count). The lowest BCUT2D eigenvalue weighted by molar-refractivity contribution is 0.421. The van der Waals surface area contributed by atoms with Crippen LogP contribution in [-0.4, -0.2) is 4.57 Å². The SMILES string of the molecule is Cc1ccccc1-c1cccc(-c2ccc(N(c3ccc4c(c3)-c3ccccc3C43c4ccccc4-n4c5ccccc5c5cccc3c54)c3ccc4c5ccccc5c5ccccc5c4c3)cc2)c1C1CCC1. The summed E-state index contributed by atoms with van der Waals surface area (Å²) in [5.41, 5.74) is 22.6. The first-order valence-electron chi connectivity index (χ1n) is 26.4. The Morgan fingerprint density at radius 1 is 0.378 bits per heavy atom. The van der Waals surface area contributed by atoms with Crippen LogP contribution in [-0.2, 0) is 5.41 Å². The van der Waals surface area contributed by atoms with Gasteiger partial charge in [0.25, 0.3) is 0 Å². The van der Waals surface area contributed by atoms with Crippen LogP contribution in [0.4, 0.5) is 17.1 Å². The Hall–Kier alpha value is -8.98. The number of hydrogen-bond donors (Lipinski definition) is 0. The molecule has 2 nitrogen and oxygen atoms in total. The van der Waals surface area contributed by atoms with Crippen molar-refractivity contribution in [3.63, 3.8) is 0 Å². The van der Waals surface area contributed by atoms with Crippen LogP contribution in [0.25, 0.3) is 93.2 Å². The molecule has 2 heteroatoms. The zero-order chi connectivity index (χ0) is 48.6. The van der Waals surface area contributed by atoms with Gasteiger partial charge in [-0.15, -0.1) is 0 Å². The van der Waals surface area contributed by atoms with Gasteiger partial charge in [-0.3, -0.25) is 0 Å². The Morgan fingerprint density at radius 2 is 0.919 bits per heavy atom. The molecule has 2 aliphatic carbocycles. The van der Waals surface area contributed by atoms with Crippen LogP contribution in [0.1, 0.15) is 58.6 Å². The lowest BCUT2D eigenvalue weighted by Crippen LogP contribution is -2.33. The van der Waals surface area contributed by atoms with Gasteiger partial charge < -0.3 is 9.47 Å². The van der Waals surface area contributed by atoms with E-state index in [2.05, 4.69) is 259 Å². The number of benzene rings is 12. The van der Waals surface area contributed by atoms with Crippen LogP contribution >= 0.6 is 0 Å². The highest BCUT2D eigenvalue weighted by atomic mass is 15.1. The molecule has 0 N–H and O–H groups in total. The summed E-state index contributed by atoms with van der Waals surface area (Å²) in [7, 11) is 0. The van der Waals surface area contributed by atoms with E-state index in [0.29, 0.717) is 5.92 Å². The summed E-state index contributed by atoms with van der Waals surface area (Å²) in [6.45, 7) is 2.25. The molecule has 1 atom stereocenters. The number of hydrogen-bond acceptors (Lipinski definition) is 1. The Morgan fingerprint density at radius 3 is 1.68 bits per heavy atom. The second kappa shape index (κ2) is 15.8. The number of fused-ring (bicyclic) bond motifs is 18. The second-order valence-electron chi connectivity index (χ2n) is 21.0. The monoisotopic (exact) mass is 942 g/mol. The minimum absolute atomic E-state index is 0.523. The third kappa shape index (κ3) is 5.66. The molecule has 13 aromatic rings. The Labute approximate surface area is 431 Å². The van der Waals surface area contributed by atoms with Crippen molar-refractivity contribution in [1.29, 1.82) is 0 Å². The zero-order valence-electron chi connectivity index (χ0n) is 41.2. The van der Waals surface area contributed by atoms with Gasteiger partial charge in [-0.05, 0) is 173 Å². The number of anilines is 3. The fourth-order valence-corrected chi connectivity index (χ4v) is 14.0. The predicted octanol–water partition coefficient (Wildman–Crippen LogP) is 19.3. The maximum absolute atomic E-state index is 2.53. The molecule has 12 aromatic carbocycles. The summed E-state index contributed by atoms with van der Waals surface area (Å²) in [5.74, 6) is 0.560. The van der Waals surface area contributed by atoms with Crippen LogP contribution in [0.3, 0.4) is 0 Å². The Kier molecular flexibility index (Phi) is 8.86. The molecule has 0 amide bonds. The van der Waals surface area contributed by atoms with E-state index in [1.807, 2.05) is 0 Å². The summed E-state index contributed by atoms with van der Waals surface area (Å²) < 4.78 is 2.53. The molecule has 74 heavy (non-hydrogen) atoms. The highest BCUT2D eigenvalue weighted by molar-refractivity contribution is 6.26. The van der Waals surface area contributed by atoms with Gasteiger partial charge >= 0.3 is 0 Å². The molecular formula is C72H50N2. The fourth-order valence-electron chi connectivity index (χ4n) is 14.0. The molecule has 1 aliphatic heterocycles. The molecular weight excluding hydrogens is 893 g/mol. The van der Waals surface area contributed by atoms with E-state index in [0.717, 1.165) is 17.1 Å². The van der Waals surface area contributed by atoms with E-state index < -0.39 is 5.41 Å². The van der Waals surface area contributed by atoms with Crippen LogP contribution in [0.15, 0.2) is 243 Å². The Bertz CT molecular complexity index is 4460. The molecule has 3 aliphatic rings. The fraction of sp³-hybridized carbons (Fsp3) is 0.0833. The lowest BCUT2D eigenvalue weighted by Gasteiger charge is -2.39. The topological polar surface area (TPSA) is 8.17 Å². The van der Waals surface area contributed by atoms with E-state index in [4.69, 9.17) is 0 Å². The van der Waals surface area contributed by atoms with Crippen molar-refractivity contribution >= 4 is 71.2 Å². The van der Waals surface area contributed by atoms with Crippen LogP contribution < -0.4 is 4.90 Å². The van der Waals surface area contributed by atoms with Gasteiger partial charge in [0.1, 0.15) is 0 Å². The summed E-state index contributed by atoms with van der Waals surface area (Å²) in [4.78, 5) is 2.51. The normalized spacial score (nSPS) is 15.5. The molecule has 0 radical (unpaired) electrons. The third-order valence-electron chi connectivity index (χ3n) is 17.4. The summed E-state index contributed by atoms with van der Waals surface area (Å²) in [5, 5.41) is 10.2. The summed E-state index contributed by atoms with van der Waals surface area (Å²) in [6.07, 6.45) is 3.76. The minimum Gasteiger partial charge on any atom is -0.310 e. The predicted molar refractivity (Wildman–Crippen MR) is 311 cm³/mol. The van der Waals surface area contributed by atoms with Gasteiger partial charge in [0.15, 0.2) is 0 Å². The number of rotatable bonds is 6. The van der Waals surface area contributed by atoms with Crippen molar-refractivity contribution < 1.29 is 0 Å². The van der Waals surface area contributed by atoms with Gasteiger partial charge in [-0.1, -0.05) is 201 Å². The van der Waals surface area contributed by atoms with E-state index in [1.165, 1.54) is 146 Å². The standard InChI is InChI=1S/C72H50N2/c1-45-17-2-3-20-51(45)60-28-15-27-52(70(60)47-18-14-19-47)46-35-37-48(38-36-46)73(49-39-41-57-55-23-5-4-21-53(55)54-22-6-7-24-56(54)62(57)43-49)50-40-42-65-63(44-50)58-25-8-10-30-64(58)72(65)66-31-11-13-34-69(66)74-68-33-12-9-26-59(68)61-29-16-32-67(72)71(61)74/h2-13,15-17,20-44,47H,14,18-19H2,1H3. The highest BCUT2D eigenvalue weighted by Gasteiger charge is 2.51. The van der Waals surface area contributed by atoms with E-state index >= 15 is 0 Å². The molecule has 348 valence electrons. The van der Waals surface area contributed by atoms with E-state index in [-0.39, 0.29) is 0 Å². The molecule has 1 aromatic heterocycles. The molecule has 1 saturated carbocycles. The Balaban J connectivity index is 0.926. The molecule has 1 fully saturated rings. The van der Waals surface area contributed by atoms with E-state index in [1.54, 1.807) is 0 Å². The minimum atomic E-state index is -0.523. The highest BCUT2D eigenvalue weighted by Crippen LogP contribution is 2.62. The first kappa shape index (κ1) is 41.6. The number of aromatic nitrogens is 1. The van der Waals surface area contributed by atoms with Gasteiger partial charge in [0.05, 0.1) is 22.1 Å². The van der Waals surface area contributed by atoms with Crippen molar-refractivity contribution in [2.45, 2.75) is 37.5 Å². The van der Waals surface area contributed by atoms with Crippen LogP contribution in [0.2, 0.25) is 0 Å². The smallest absolute Gasteiger partial charge is 0.0754 e. The number of aryl methyl sites for hydroxylation is 1. The summed E-state index contributed by atoms with van der Waals surface area (Å²) >= 11 is 0. The molecule has 0 bridgehead atoms. The van der Waals surface area contributed by atoms with Crippen molar-refractivity contribution in [1.82, 2.24) is 4.57 Å². The second-order valence-corrected chi connectivity index (χ2v) is 21.0. The van der Waals surface area contributed by atoms with Crippen molar-refractivity contribution in [2.75, 3.05) is 4.90 Å². The van der Waals surface area contributed by atoms with Crippen molar-refractivity contribution in [3.05, 3.63) is 276 Å². The van der Waals surface area contributed by atoms with Crippen LogP contribution in [0, 0.1) is 6.92 Å². The van der Waals surface area contributed by atoms with Crippen LogP contribution in [0.5, 0.6) is 0 Å². The maximum atomic E-state index is 2.53. The van der Waals surface area contributed by atoms with Gasteiger partial charge in [0, 0.05) is 27.8 Å². The number of nitrogens with zero attached hydrogens (tertiary/aromatic N) is 2. The van der Waals surface area contributed by atoms with Gasteiger partial charge in [-0.25, -0.2) is 0 Å². The molecule has 0 saturated heterocycles. The lowest BCUT2D eigenvalue weighted by atomic mass is 9.65. The molecule has 1 spiro atoms. The van der Waals surface area contributed by atoms with Gasteiger partial charge in [-0.2, -0.15) is 0 Å². The largest absolute Gasteiger partial charge is 0.310 e. The quantitative estimate of drug-likeness (QED) is 0.151. The van der Waals surface area contributed by atoms with E-state index in [9.17, 15) is 0 Å². The van der Waals surface area contributed by atoms with Gasteiger partial charge in [0.2, 0.25) is 0 Å². The van der Waals surface area contributed by atoms with Crippen molar-refractivity contribution in [2.24, 2.45) is 0 Å². The first-order chi connectivity index (χ1) is 36.6. The first-order valence-corrected chi connectivity index (χ1v) is 26.4. The number of para-hydroxylation sites is 3. The average Bonchev–Trinajstić information content (AvgIpc) is 4.04. The average molecular weight is 943 g/mol. The zero-order valence-corrected chi connectivity index (χ0v) is 41.2. The van der Waals surface area contributed by atoms with Crippen molar-refractivity contribution in [3.8, 4) is 39.1 Å². The molecule has 2 heterocycles. The third-order valence-corrected chi connectivity index (χ3v) is 17.4. The molecule has 1 unspecified atom stereocenters.